The Morgan fingerprint density at radius 2 is 1.64 bits per heavy atom. The highest BCUT2D eigenvalue weighted by Gasteiger charge is 2.23. The van der Waals surface area contributed by atoms with Crippen LogP contribution in [0.5, 0.6) is 17.2 Å². The summed E-state index contributed by atoms with van der Waals surface area (Å²) >= 11 is 0. The molecule has 0 saturated carbocycles. The predicted octanol–water partition coefficient (Wildman–Crippen LogP) is 3.52. The SMILES string of the molecule is CCC(Oc1ccccc1OC)C(=O)N(C)Cc1ccc(OC)cc1. The van der Waals surface area contributed by atoms with Gasteiger partial charge in [-0.25, -0.2) is 0 Å². The van der Waals surface area contributed by atoms with Crippen LogP contribution in [0.1, 0.15) is 18.9 Å². The second kappa shape index (κ2) is 8.97. The van der Waals surface area contributed by atoms with E-state index in [9.17, 15) is 4.79 Å². The van der Waals surface area contributed by atoms with Gasteiger partial charge in [0, 0.05) is 13.6 Å². The monoisotopic (exact) mass is 343 g/mol. The van der Waals surface area contributed by atoms with Crippen molar-refractivity contribution in [1.29, 1.82) is 0 Å². The Bertz CT molecular complexity index is 684. The van der Waals surface area contributed by atoms with E-state index in [1.54, 1.807) is 32.2 Å². The van der Waals surface area contributed by atoms with Gasteiger partial charge in [0.05, 0.1) is 14.2 Å². The van der Waals surface area contributed by atoms with Gasteiger partial charge in [0.25, 0.3) is 5.91 Å². The maximum atomic E-state index is 12.7. The lowest BCUT2D eigenvalue weighted by Crippen LogP contribution is -2.39. The summed E-state index contributed by atoms with van der Waals surface area (Å²) in [5, 5.41) is 0. The van der Waals surface area contributed by atoms with Crippen LogP contribution in [0.4, 0.5) is 0 Å². The third-order valence-corrected chi connectivity index (χ3v) is 3.94. The van der Waals surface area contributed by atoms with Crippen molar-refractivity contribution >= 4 is 5.91 Å². The zero-order valence-electron chi connectivity index (χ0n) is 15.2. The van der Waals surface area contributed by atoms with E-state index < -0.39 is 6.10 Å². The first-order valence-electron chi connectivity index (χ1n) is 8.26. The summed E-state index contributed by atoms with van der Waals surface area (Å²) in [5.74, 6) is 1.92. The van der Waals surface area contributed by atoms with Crippen molar-refractivity contribution in [3.8, 4) is 17.2 Å². The predicted molar refractivity (Wildman–Crippen MR) is 97.2 cm³/mol. The highest BCUT2D eigenvalue weighted by atomic mass is 16.5. The first kappa shape index (κ1) is 18.6. The third kappa shape index (κ3) is 4.89. The van der Waals surface area contributed by atoms with Crippen molar-refractivity contribution in [1.82, 2.24) is 4.90 Å². The van der Waals surface area contributed by atoms with Crippen molar-refractivity contribution in [2.24, 2.45) is 0 Å². The summed E-state index contributed by atoms with van der Waals surface area (Å²) in [6.45, 7) is 2.44. The number of carbonyl (C=O) groups excluding carboxylic acids is 1. The number of para-hydroxylation sites is 2. The number of benzene rings is 2. The minimum atomic E-state index is -0.556. The van der Waals surface area contributed by atoms with E-state index in [-0.39, 0.29) is 5.91 Å². The molecule has 0 bridgehead atoms. The Balaban J connectivity index is 2.04. The van der Waals surface area contributed by atoms with E-state index in [2.05, 4.69) is 0 Å². The number of carbonyl (C=O) groups is 1. The molecule has 0 saturated heterocycles. The number of nitrogens with zero attached hydrogens (tertiary/aromatic N) is 1. The lowest BCUT2D eigenvalue weighted by Gasteiger charge is -2.24. The van der Waals surface area contributed by atoms with Crippen molar-refractivity contribution in [3.05, 3.63) is 54.1 Å². The maximum Gasteiger partial charge on any atom is 0.263 e. The van der Waals surface area contributed by atoms with Gasteiger partial charge in [-0.1, -0.05) is 31.2 Å². The Labute approximate surface area is 149 Å². The molecule has 2 rings (SSSR count). The molecule has 0 spiro atoms. The van der Waals surface area contributed by atoms with E-state index in [4.69, 9.17) is 14.2 Å². The molecule has 2 aromatic rings. The molecule has 0 N–H and O–H groups in total. The molecule has 5 heteroatoms. The standard InChI is InChI=1S/C20H25NO4/c1-5-17(25-19-9-7-6-8-18(19)24-4)20(22)21(2)14-15-10-12-16(23-3)13-11-15/h6-13,17H,5,14H2,1-4H3. The Morgan fingerprint density at radius 1 is 1.00 bits per heavy atom. The van der Waals surface area contributed by atoms with Crippen LogP contribution in [-0.4, -0.2) is 38.2 Å². The van der Waals surface area contributed by atoms with Gasteiger partial charge in [-0.3, -0.25) is 4.79 Å². The number of methoxy groups -OCH3 is 2. The summed E-state index contributed by atoms with van der Waals surface area (Å²) in [6.07, 6.45) is 0.0173. The lowest BCUT2D eigenvalue weighted by molar-refractivity contribution is -0.138. The van der Waals surface area contributed by atoms with E-state index in [1.807, 2.05) is 49.4 Å². The van der Waals surface area contributed by atoms with E-state index in [1.165, 1.54) is 0 Å². The van der Waals surface area contributed by atoms with Crippen LogP contribution < -0.4 is 14.2 Å². The van der Waals surface area contributed by atoms with Gasteiger partial charge in [0.15, 0.2) is 17.6 Å². The molecule has 0 heterocycles. The van der Waals surface area contributed by atoms with Gasteiger partial charge in [-0.05, 0) is 36.2 Å². The fraction of sp³-hybridized carbons (Fsp3) is 0.350. The highest BCUT2D eigenvalue weighted by molar-refractivity contribution is 5.81. The molecule has 0 radical (unpaired) electrons. The fourth-order valence-electron chi connectivity index (χ4n) is 2.51. The summed E-state index contributed by atoms with van der Waals surface area (Å²) in [5.41, 5.74) is 1.03. The molecule has 25 heavy (non-hydrogen) atoms. The molecular weight excluding hydrogens is 318 g/mol. The Morgan fingerprint density at radius 3 is 2.20 bits per heavy atom. The molecule has 0 aliphatic carbocycles. The minimum Gasteiger partial charge on any atom is -0.497 e. The normalized spacial score (nSPS) is 11.5. The maximum absolute atomic E-state index is 12.7. The van der Waals surface area contributed by atoms with Crippen LogP contribution in [-0.2, 0) is 11.3 Å². The number of amides is 1. The fourth-order valence-corrected chi connectivity index (χ4v) is 2.51. The molecule has 5 nitrogen and oxygen atoms in total. The summed E-state index contributed by atoms with van der Waals surface area (Å²) in [7, 11) is 4.99. The van der Waals surface area contributed by atoms with Gasteiger partial charge in [0.2, 0.25) is 0 Å². The van der Waals surface area contributed by atoms with Crippen molar-refractivity contribution in [3.63, 3.8) is 0 Å². The Hall–Kier alpha value is -2.69. The van der Waals surface area contributed by atoms with Crippen molar-refractivity contribution in [2.45, 2.75) is 26.0 Å². The van der Waals surface area contributed by atoms with Gasteiger partial charge in [-0.2, -0.15) is 0 Å². The number of rotatable bonds is 8. The highest BCUT2D eigenvalue weighted by Crippen LogP contribution is 2.27. The van der Waals surface area contributed by atoms with Gasteiger partial charge >= 0.3 is 0 Å². The summed E-state index contributed by atoms with van der Waals surface area (Å²) in [4.78, 5) is 14.4. The number of hydrogen-bond acceptors (Lipinski definition) is 4. The van der Waals surface area contributed by atoms with Crippen LogP contribution in [0.2, 0.25) is 0 Å². The molecule has 0 aliphatic rings. The second-order valence-corrected chi connectivity index (χ2v) is 5.71. The minimum absolute atomic E-state index is 0.0655. The first-order chi connectivity index (χ1) is 12.1. The number of likely N-dealkylation sites (N-methyl/N-ethyl adjacent to an activating group) is 1. The number of ether oxygens (including phenoxy) is 3. The van der Waals surface area contributed by atoms with E-state index in [0.29, 0.717) is 24.5 Å². The second-order valence-electron chi connectivity index (χ2n) is 5.71. The quantitative estimate of drug-likeness (QED) is 0.736. The molecule has 0 aromatic heterocycles. The van der Waals surface area contributed by atoms with Gasteiger partial charge in [0.1, 0.15) is 5.75 Å². The summed E-state index contributed by atoms with van der Waals surface area (Å²) < 4.78 is 16.3. The van der Waals surface area contributed by atoms with Crippen LogP contribution in [0.3, 0.4) is 0 Å². The first-order valence-corrected chi connectivity index (χ1v) is 8.26. The molecule has 134 valence electrons. The smallest absolute Gasteiger partial charge is 0.263 e. The zero-order valence-corrected chi connectivity index (χ0v) is 15.2. The topological polar surface area (TPSA) is 48.0 Å². The lowest BCUT2D eigenvalue weighted by atomic mass is 10.2. The van der Waals surface area contributed by atoms with Crippen LogP contribution >= 0.6 is 0 Å². The van der Waals surface area contributed by atoms with E-state index >= 15 is 0 Å². The molecule has 1 unspecified atom stereocenters. The van der Waals surface area contributed by atoms with Crippen LogP contribution in [0.25, 0.3) is 0 Å². The largest absolute Gasteiger partial charge is 0.497 e. The van der Waals surface area contributed by atoms with Gasteiger partial charge < -0.3 is 19.1 Å². The van der Waals surface area contributed by atoms with Crippen molar-refractivity contribution in [2.75, 3.05) is 21.3 Å². The molecule has 2 aromatic carbocycles. The Kier molecular flexibility index (Phi) is 6.69. The molecule has 1 amide bonds. The average Bonchev–Trinajstić information content (AvgIpc) is 2.66. The summed E-state index contributed by atoms with van der Waals surface area (Å²) in [6, 6.07) is 15.0. The van der Waals surface area contributed by atoms with Gasteiger partial charge in [-0.15, -0.1) is 0 Å². The molecular formula is C20H25NO4. The van der Waals surface area contributed by atoms with Crippen LogP contribution in [0, 0.1) is 0 Å². The molecule has 1 atom stereocenters. The zero-order chi connectivity index (χ0) is 18.2. The number of hydrogen-bond donors (Lipinski definition) is 0. The molecule has 0 aliphatic heterocycles. The van der Waals surface area contributed by atoms with Crippen LogP contribution in [0.15, 0.2) is 48.5 Å². The van der Waals surface area contributed by atoms with E-state index in [0.717, 1.165) is 11.3 Å². The third-order valence-electron chi connectivity index (χ3n) is 3.94. The molecule has 0 fully saturated rings. The average molecular weight is 343 g/mol. The van der Waals surface area contributed by atoms with Crippen molar-refractivity contribution < 1.29 is 19.0 Å².